The number of aromatic nitrogens is 1. The van der Waals surface area contributed by atoms with E-state index in [1.807, 2.05) is 66.9 Å². The molecule has 0 unspecified atom stereocenters. The van der Waals surface area contributed by atoms with Gasteiger partial charge in [-0.1, -0.05) is 48.5 Å². The molecule has 0 radical (unpaired) electrons. The molecule has 0 amide bonds. The number of para-hydroxylation sites is 1. The number of benzene rings is 2. The minimum atomic E-state index is 0.208. The van der Waals surface area contributed by atoms with Crippen LogP contribution >= 0.6 is 23.6 Å². The van der Waals surface area contributed by atoms with Crippen LogP contribution in [0.1, 0.15) is 16.0 Å². The van der Waals surface area contributed by atoms with E-state index < -0.39 is 0 Å². The fraction of sp³-hybridized carbons (Fsp3) is 0.0526. The van der Waals surface area contributed by atoms with E-state index in [0.717, 1.165) is 27.3 Å². The lowest BCUT2D eigenvalue weighted by Crippen LogP contribution is -1.98. The van der Waals surface area contributed by atoms with Gasteiger partial charge in [-0.25, -0.2) is 0 Å². The molecule has 0 fully saturated rings. The van der Waals surface area contributed by atoms with Crippen LogP contribution in [0.2, 0.25) is 0 Å². The highest BCUT2D eigenvalue weighted by Gasteiger charge is 2.15. The summed E-state index contributed by atoms with van der Waals surface area (Å²) in [5.41, 5.74) is 4.12. The van der Waals surface area contributed by atoms with Gasteiger partial charge in [0.15, 0.2) is 3.95 Å². The standard InChI is InChI=1S/C19H14N2OS2/c22-18-17(10-14-11-20-16-9-5-4-8-15(14)16)24-19(23)21(18)12-13-6-2-1-3-7-13/h1-11,22H,12H2. The van der Waals surface area contributed by atoms with Gasteiger partial charge in [-0.05, 0) is 29.9 Å². The molecule has 0 saturated heterocycles. The number of aromatic hydroxyl groups is 1. The molecule has 2 heterocycles. The van der Waals surface area contributed by atoms with Gasteiger partial charge in [-0.3, -0.25) is 9.56 Å². The first kappa shape index (κ1) is 15.1. The highest BCUT2D eigenvalue weighted by atomic mass is 32.1. The Morgan fingerprint density at radius 1 is 1.08 bits per heavy atom. The van der Waals surface area contributed by atoms with E-state index in [9.17, 15) is 5.11 Å². The van der Waals surface area contributed by atoms with Crippen molar-refractivity contribution in [2.75, 3.05) is 0 Å². The predicted octanol–water partition coefficient (Wildman–Crippen LogP) is 5.29. The topological polar surface area (TPSA) is 37.5 Å². The Morgan fingerprint density at radius 2 is 1.83 bits per heavy atom. The monoisotopic (exact) mass is 350 g/mol. The van der Waals surface area contributed by atoms with Gasteiger partial charge in [0, 0.05) is 17.4 Å². The Morgan fingerprint density at radius 3 is 2.67 bits per heavy atom. The molecule has 1 N–H and O–H groups in total. The Bertz CT molecular complexity index is 1010. The van der Waals surface area contributed by atoms with Gasteiger partial charge in [0.05, 0.1) is 17.1 Å². The maximum Gasteiger partial charge on any atom is 0.210 e. The summed E-state index contributed by atoms with van der Waals surface area (Å²) in [5.74, 6) is 0.208. The highest BCUT2D eigenvalue weighted by molar-refractivity contribution is 7.73. The lowest BCUT2D eigenvalue weighted by atomic mass is 10.1. The van der Waals surface area contributed by atoms with Crippen molar-refractivity contribution in [2.45, 2.75) is 6.54 Å². The average molecular weight is 350 g/mol. The van der Waals surface area contributed by atoms with Crippen molar-refractivity contribution in [1.29, 1.82) is 0 Å². The van der Waals surface area contributed by atoms with Gasteiger partial charge < -0.3 is 5.11 Å². The minimum Gasteiger partial charge on any atom is -0.493 e. The molecule has 4 rings (SSSR count). The van der Waals surface area contributed by atoms with Gasteiger partial charge in [-0.15, -0.1) is 11.3 Å². The SMILES string of the molecule is Oc1c(C=C2C=Nc3ccccc32)sc(=S)n1Cc1ccccc1. The summed E-state index contributed by atoms with van der Waals surface area (Å²) in [5, 5.41) is 10.6. The van der Waals surface area contributed by atoms with E-state index >= 15 is 0 Å². The minimum absolute atomic E-state index is 0.208. The molecule has 3 aromatic rings. The smallest absolute Gasteiger partial charge is 0.210 e. The number of allylic oxidation sites excluding steroid dienone is 1. The third-order valence-electron chi connectivity index (χ3n) is 3.92. The lowest BCUT2D eigenvalue weighted by Gasteiger charge is -2.05. The second-order valence-corrected chi connectivity index (χ2v) is 7.18. The van der Waals surface area contributed by atoms with Crippen LogP contribution in [0, 0.1) is 3.95 Å². The molecule has 0 aliphatic carbocycles. The molecule has 0 atom stereocenters. The summed E-state index contributed by atoms with van der Waals surface area (Å²) in [4.78, 5) is 5.16. The van der Waals surface area contributed by atoms with E-state index in [1.165, 1.54) is 11.3 Å². The molecule has 118 valence electrons. The Kier molecular flexibility index (Phi) is 3.88. The molecular formula is C19H14N2OS2. The number of fused-ring (bicyclic) bond motifs is 1. The van der Waals surface area contributed by atoms with Gasteiger partial charge in [-0.2, -0.15) is 0 Å². The van der Waals surface area contributed by atoms with E-state index in [0.29, 0.717) is 10.5 Å². The van der Waals surface area contributed by atoms with Crippen LogP contribution in [0.5, 0.6) is 5.88 Å². The summed E-state index contributed by atoms with van der Waals surface area (Å²) in [6.45, 7) is 0.565. The van der Waals surface area contributed by atoms with Crippen molar-refractivity contribution in [3.05, 3.63) is 74.6 Å². The van der Waals surface area contributed by atoms with Crippen LogP contribution in [0.4, 0.5) is 5.69 Å². The molecule has 3 nitrogen and oxygen atoms in total. The van der Waals surface area contributed by atoms with Gasteiger partial charge >= 0.3 is 0 Å². The first-order chi connectivity index (χ1) is 11.7. The van der Waals surface area contributed by atoms with E-state index in [4.69, 9.17) is 12.2 Å². The normalized spacial score (nSPS) is 14.2. The summed E-state index contributed by atoms with van der Waals surface area (Å²) in [7, 11) is 0. The van der Waals surface area contributed by atoms with Crippen LogP contribution in [0.25, 0.3) is 11.6 Å². The zero-order valence-corrected chi connectivity index (χ0v) is 14.3. The molecule has 0 spiro atoms. The van der Waals surface area contributed by atoms with Gasteiger partial charge in [0.25, 0.3) is 0 Å². The average Bonchev–Trinajstić information content (AvgIpc) is 3.13. The molecule has 1 aliphatic rings. The van der Waals surface area contributed by atoms with Crippen LogP contribution < -0.4 is 0 Å². The fourth-order valence-corrected chi connectivity index (χ4v) is 3.97. The van der Waals surface area contributed by atoms with Crippen molar-refractivity contribution < 1.29 is 5.11 Å². The predicted molar refractivity (Wildman–Crippen MR) is 103 cm³/mol. The number of hydrogen-bond acceptors (Lipinski definition) is 4. The Balaban J connectivity index is 1.72. The van der Waals surface area contributed by atoms with Crippen molar-refractivity contribution in [2.24, 2.45) is 4.99 Å². The number of hydrogen-bond donors (Lipinski definition) is 1. The van der Waals surface area contributed by atoms with Gasteiger partial charge in [0.1, 0.15) is 0 Å². The van der Waals surface area contributed by atoms with Crippen LogP contribution in [-0.4, -0.2) is 15.9 Å². The third kappa shape index (κ3) is 2.72. The summed E-state index contributed by atoms with van der Waals surface area (Å²) in [6.07, 6.45) is 3.78. The molecular weight excluding hydrogens is 336 g/mol. The summed E-state index contributed by atoms with van der Waals surface area (Å²) < 4.78 is 2.42. The molecule has 1 aromatic heterocycles. The maximum atomic E-state index is 10.6. The van der Waals surface area contributed by atoms with Crippen LogP contribution in [0.3, 0.4) is 0 Å². The molecule has 2 aromatic carbocycles. The fourth-order valence-electron chi connectivity index (χ4n) is 2.71. The number of thiazole rings is 1. The molecule has 1 aliphatic heterocycles. The Hall–Kier alpha value is -2.50. The zero-order chi connectivity index (χ0) is 16.5. The van der Waals surface area contributed by atoms with Crippen molar-refractivity contribution >= 4 is 47.1 Å². The zero-order valence-electron chi connectivity index (χ0n) is 12.7. The number of aliphatic imine (C=N–C) groups is 1. The lowest BCUT2D eigenvalue weighted by molar-refractivity contribution is 0.422. The van der Waals surface area contributed by atoms with Gasteiger partial charge in [0.2, 0.25) is 5.88 Å². The second kappa shape index (κ2) is 6.19. The van der Waals surface area contributed by atoms with E-state index in [-0.39, 0.29) is 5.88 Å². The number of rotatable bonds is 3. The molecule has 0 bridgehead atoms. The quantitative estimate of drug-likeness (QED) is 0.652. The molecule has 0 saturated carbocycles. The number of nitrogens with zero attached hydrogens (tertiary/aromatic N) is 2. The largest absolute Gasteiger partial charge is 0.493 e. The third-order valence-corrected chi connectivity index (χ3v) is 5.31. The van der Waals surface area contributed by atoms with Crippen molar-refractivity contribution in [3.63, 3.8) is 0 Å². The molecule has 24 heavy (non-hydrogen) atoms. The van der Waals surface area contributed by atoms with Crippen molar-refractivity contribution in [3.8, 4) is 5.88 Å². The van der Waals surface area contributed by atoms with Crippen LogP contribution in [0.15, 0.2) is 59.6 Å². The first-order valence-electron chi connectivity index (χ1n) is 7.54. The Labute approximate surface area is 148 Å². The molecule has 5 heteroatoms. The second-order valence-electron chi connectivity index (χ2n) is 5.50. The maximum absolute atomic E-state index is 10.6. The van der Waals surface area contributed by atoms with Crippen molar-refractivity contribution in [1.82, 2.24) is 4.57 Å². The first-order valence-corrected chi connectivity index (χ1v) is 8.76. The van der Waals surface area contributed by atoms with E-state index in [1.54, 1.807) is 4.57 Å². The van der Waals surface area contributed by atoms with Crippen LogP contribution in [-0.2, 0) is 6.54 Å². The summed E-state index contributed by atoms with van der Waals surface area (Å²) in [6, 6.07) is 18.0. The summed E-state index contributed by atoms with van der Waals surface area (Å²) >= 11 is 6.85. The van der Waals surface area contributed by atoms with E-state index in [2.05, 4.69) is 4.99 Å². The highest BCUT2D eigenvalue weighted by Crippen LogP contribution is 2.35.